The van der Waals surface area contributed by atoms with E-state index in [0.717, 1.165) is 0 Å². The zero-order valence-corrected chi connectivity index (χ0v) is 16.5. The number of carboxylic acid groups (broad SMARTS) is 1. The van der Waals surface area contributed by atoms with E-state index >= 15 is 0 Å². The van der Waals surface area contributed by atoms with Crippen molar-refractivity contribution in [3.63, 3.8) is 0 Å². The molecule has 0 aromatic heterocycles. The maximum absolute atomic E-state index is 12.1. The Kier molecular flexibility index (Phi) is 6.88. The average Bonchev–Trinajstić information content (AvgIpc) is 2.65. The van der Waals surface area contributed by atoms with Crippen LogP contribution in [0, 0.1) is 0 Å². The van der Waals surface area contributed by atoms with Gasteiger partial charge in [0.15, 0.2) is 0 Å². The smallest absolute Gasteiger partial charge is 0.548 e. The molecule has 2 heterocycles. The molecule has 0 bridgehead atoms. The molecule has 2 aliphatic heterocycles. The van der Waals surface area contributed by atoms with Gasteiger partial charge in [-0.15, -0.1) is 30.1 Å². The van der Waals surface area contributed by atoms with Crippen molar-refractivity contribution in [3.05, 3.63) is 12.7 Å². The van der Waals surface area contributed by atoms with Gasteiger partial charge in [0, 0.05) is 10.5 Å². The van der Waals surface area contributed by atoms with Gasteiger partial charge in [0.05, 0.1) is 17.8 Å². The number of fused-ring (bicyclic) bond motifs is 1. The van der Waals surface area contributed by atoms with Gasteiger partial charge in [0.25, 0.3) is 0 Å². The van der Waals surface area contributed by atoms with Crippen LogP contribution in [-0.4, -0.2) is 56.4 Å². The Morgan fingerprint density at radius 1 is 1.55 bits per heavy atom. The Morgan fingerprint density at radius 2 is 2.18 bits per heavy atom. The van der Waals surface area contributed by atoms with Crippen LogP contribution in [0.15, 0.2) is 12.7 Å². The van der Waals surface area contributed by atoms with Crippen LogP contribution in [0.5, 0.6) is 0 Å². The zero-order valence-electron chi connectivity index (χ0n) is 12.8. The molecule has 2 amide bonds. The second-order valence-corrected chi connectivity index (χ2v) is 8.23. The zero-order chi connectivity index (χ0) is 15.8. The van der Waals surface area contributed by atoms with Crippen LogP contribution in [0.25, 0.3) is 0 Å². The standard InChI is InChI=1S/C13H18N2O4S2.Na/c1-4-5-20-6-7(16)14-8-10(17)15-9(12(18)19)13(2,3)21-11(8)15;/h4,8-9,11H,1,5-6H2,2-3H3,(H,14,16)(H,18,19);/q;+1/p-1/t8-,9+,11-;/m1./s1. The number of thioether (sulfide) groups is 2. The summed E-state index contributed by atoms with van der Waals surface area (Å²) in [6, 6.07) is -1.60. The van der Waals surface area contributed by atoms with Crippen LogP contribution in [0.3, 0.4) is 0 Å². The monoisotopic (exact) mass is 352 g/mol. The Balaban J connectivity index is 0.00000242. The van der Waals surface area contributed by atoms with Crippen LogP contribution < -0.4 is 40.0 Å². The van der Waals surface area contributed by atoms with E-state index in [-0.39, 0.29) is 52.5 Å². The van der Waals surface area contributed by atoms with Gasteiger partial charge in [0.1, 0.15) is 11.4 Å². The molecule has 0 radical (unpaired) electrons. The summed E-state index contributed by atoms with van der Waals surface area (Å²) in [5.41, 5.74) is 0. The number of β-lactam (4-membered cyclic amide) rings is 1. The molecule has 0 aromatic carbocycles. The molecule has 0 saturated carbocycles. The van der Waals surface area contributed by atoms with Crippen molar-refractivity contribution in [2.24, 2.45) is 0 Å². The summed E-state index contributed by atoms with van der Waals surface area (Å²) in [5.74, 6) is -0.921. The van der Waals surface area contributed by atoms with E-state index in [0.29, 0.717) is 5.75 Å². The molecule has 2 fully saturated rings. The summed E-state index contributed by atoms with van der Waals surface area (Å²) in [4.78, 5) is 36.4. The third kappa shape index (κ3) is 3.67. The Morgan fingerprint density at radius 3 is 2.73 bits per heavy atom. The quantitative estimate of drug-likeness (QED) is 0.228. The van der Waals surface area contributed by atoms with Gasteiger partial charge in [-0.1, -0.05) is 6.08 Å². The van der Waals surface area contributed by atoms with E-state index < -0.39 is 22.8 Å². The van der Waals surface area contributed by atoms with Crippen molar-refractivity contribution in [3.8, 4) is 0 Å². The van der Waals surface area contributed by atoms with Gasteiger partial charge in [-0.05, 0) is 13.8 Å². The summed E-state index contributed by atoms with van der Waals surface area (Å²) < 4.78 is -0.629. The minimum absolute atomic E-state index is 0. The Bertz CT molecular complexity index is 500. The van der Waals surface area contributed by atoms with E-state index in [4.69, 9.17) is 0 Å². The first-order chi connectivity index (χ1) is 9.79. The van der Waals surface area contributed by atoms with Crippen molar-refractivity contribution in [2.75, 3.05) is 11.5 Å². The molecule has 9 heteroatoms. The van der Waals surface area contributed by atoms with E-state index in [1.165, 1.54) is 28.4 Å². The predicted molar refractivity (Wildman–Crippen MR) is 80.6 cm³/mol. The van der Waals surface area contributed by atoms with Crippen LogP contribution in [-0.2, 0) is 14.4 Å². The summed E-state index contributed by atoms with van der Waals surface area (Å²) in [6.07, 6.45) is 1.70. The Labute approximate surface area is 160 Å². The molecular weight excluding hydrogens is 335 g/mol. The van der Waals surface area contributed by atoms with E-state index in [1.54, 1.807) is 19.9 Å². The summed E-state index contributed by atoms with van der Waals surface area (Å²) in [6.45, 7) is 7.10. The van der Waals surface area contributed by atoms with Gasteiger partial charge in [-0.3, -0.25) is 9.59 Å². The van der Waals surface area contributed by atoms with Crippen molar-refractivity contribution >= 4 is 41.3 Å². The number of carboxylic acids is 1. The SMILES string of the molecule is C=CCSCC(=O)N[C@@H]1C(=O)N2[C@@H]1SC(C)(C)[C@@H]2C(=O)[O-].[Na+]. The van der Waals surface area contributed by atoms with Gasteiger partial charge in [-0.2, -0.15) is 0 Å². The fourth-order valence-corrected chi connectivity index (χ4v) is 4.75. The molecule has 2 rings (SSSR count). The molecule has 0 spiro atoms. The molecule has 0 aromatic rings. The molecule has 0 unspecified atom stereocenters. The topological polar surface area (TPSA) is 89.5 Å². The molecule has 6 nitrogen and oxygen atoms in total. The molecule has 2 aliphatic rings. The molecule has 116 valence electrons. The van der Waals surface area contributed by atoms with Gasteiger partial charge >= 0.3 is 29.6 Å². The third-order valence-electron chi connectivity index (χ3n) is 3.45. The van der Waals surface area contributed by atoms with Gasteiger partial charge in [-0.25, -0.2) is 0 Å². The summed E-state index contributed by atoms with van der Waals surface area (Å²) in [7, 11) is 0. The summed E-state index contributed by atoms with van der Waals surface area (Å²) in [5, 5.41) is 13.6. The first-order valence-electron chi connectivity index (χ1n) is 6.48. The summed E-state index contributed by atoms with van der Waals surface area (Å²) >= 11 is 2.79. The molecule has 2 saturated heterocycles. The number of carbonyl (C=O) groups excluding carboxylic acids is 3. The van der Waals surface area contributed by atoms with Crippen molar-refractivity contribution in [1.29, 1.82) is 0 Å². The first kappa shape index (κ1) is 19.9. The number of hydrogen-bond donors (Lipinski definition) is 1. The van der Waals surface area contributed by atoms with Crippen LogP contribution >= 0.6 is 23.5 Å². The number of rotatable bonds is 6. The maximum atomic E-state index is 12.1. The second-order valence-electron chi connectivity index (χ2n) is 5.43. The number of nitrogens with zero attached hydrogens (tertiary/aromatic N) is 1. The van der Waals surface area contributed by atoms with E-state index in [1.807, 2.05) is 0 Å². The number of aliphatic carboxylic acids is 1. The second kappa shape index (κ2) is 7.61. The first-order valence-corrected chi connectivity index (χ1v) is 8.52. The number of nitrogens with one attached hydrogen (secondary N) is 1. The van der Waals surface area contributed by atoms with Crippen LogP contribution in [0.4, 0.5) is 0 Å². The predicted octanol–water partition coefficient (Wildman–Crippen LogP) is -3.79. The van der Waals surface area contributed by atoms with Crippen molar-refractivity contribution < 1.29 is 49.0 Å². The van der Waals surface area contributed by atoms with Gasteiger partial charge < -0.3 is 20.1 Å². The number of carbonyl (C=O) groups is 3. The van der Waals surface area contributed by atoms with Crippen LogP contribution in [0.1, 0.15) is 13.8 Å². The van der Waals surface area contributed by atoms with E-state index in [2.05, 4.69) is 11.9 Å². The largest absolute Gasteiger partial charge is 1.00 e. The molecular formula is C13H17N2NaO4S2. The van der Waals surface area contributed by atoms with Gasteiger partial charge in [0.2, 0.25) is 11.8 Å². The molecule has 0 aliphatic carbocycles. The number of hydrogen-bond acceptors (Lipinski definition) is 6. The molecule has 3 atom stereocenters. The molecule has 1 N–H and O–H groups in total. The third-order valence-corrected chi connectivity index (χ3v) is 5.96. The fourth-order valence-electron chi connectivity index (χ4n) is 2.58. The van der Waals surface area contributed by atoms with Crippen molar-refractivity contribution in [1.82, 2.24) is 10.2 Å². The maximum Gasteiger partial charge on any atom is 1.00 e. The van der Waals surface area contributed by atoms with E-state index in [9.17, 15) is 19.5 Å². The Hall–Kier alpha value is -0.150. The normalized spacial score (nSPS) is 28.2. The molecule has 22 heavy (non-hydrogen) atoms. The minimum Gasteiger partial charge on any atom is -0.548 e. The van der Waals surface area contributed by atoms with Crippen LogP contribution in [0.2, 0.25) is 0 Å². The average molecular weight is 352 g/mol. The number of amides is 2. The fraction of sp³-hybridized carbons (Fsp3) is 0.615. The van der Waals surface area contributed by atoms with Crippen molar-refractivity contribution in [2.45, 2.75) is 36.1 Å². The minimum atomic E-state index is -1.25.